The van der Waals surface area contributed by atoms with E-state index in [2.05, 4.69) is 5.10 Å². The molecule has 6 nitrogen and oxygen atoms in total. The number of amides is 1. The summed E-state index contributed by atoms with van der Waals surface area (Å²) in [6.45, 7) is 4.77. The Morgan fingerprint density at radius 3 is 2.79 bits per heavy atom. The van der Waals surface area contributed by atoms with Gasteiger partial charge in [0.15, 0.2) is 0 Å². The lowest BCUT2D eigenvalue weighted by atomic mass is 9.79. The smallest absolute Gasteiger partial charge is 0.223 e. The fourth-order valence-corrected chi connectivity index (χ4v) is 4.53. The van der Waals surface area contributed by atoms with Gasteiger partial charge in [-0.2, -0.15) is 5.10 Å². The Kier molecular flexibility index (Phi) is 4.71. The van der Waals surface area contributed by atoms with Crippen molar-refractivity contribution < 1.29 is 14.6 Å². The number of likely N-dealkylation sites (tertiary alicyclic amines) is 1. The molecule has 0 spiro atoms. The van der Waals surface area contributed by atoms with Crippen LogP contribution in [-0.2, 0) is 23.0 Å². The number of carbonyl (C=O) groups excluding carboxylic acids is 1. The topological polar surface area (TPSA) is 67.6 Å². The van der Waals surface area contributed by atoms with E-state index in [1.54, 1.807) is 7.11 Å². The minimum absolute atomic E-state index is 0.00911. The van der Waals surface area contributed by atoms with Crippen LogP contribution in [0.15, 0.2) is 0 Å². The van der Waals surface area contributed by atoms with Gasteiger partial charge in [0.1, 0.15) is 0 Å². The molecule has 2 fully saturated rings. The van der Waals surface area contributed by atoms with Crippen molar-refractivity contribution in [3.63, 3.8) is 0 Å². The Balaban J connectivity index is 1.69. The Labute approximate surface area is 143 Å². The van der Waals surface area contributed by atoms with E-state index in [4.69, 9.17) is 4.74 Å². The van der Waals surface area contributed by atoms with Crippen molar-refractivity contribution in [1.29, 1.82) is 0 Å². The van der Waals surface area contributed by atoms with Crippen LogP contribution in [0.2, 0.25) is 0 Å². The van der Waals surface area contributed by atoms with Crippen molar-refractivity contribution in [2.45, 2.75) is 70.1 Å². The maximum Gasteiger partial charge on any atom is 0.223 e. The van der Waals surface area contributed by atoms with E-state index in [0.717, 1.165) is 43.6 Å². The van der Waals surface area contributed by atoms with Crippen LogP contribution >= 0.6 is 0 Å². The van der Waals surface area contributed by atoms with Crippen LogP contribution in [0, 0.1) is 13.8 Å². The summed E-state index contributed by atoms with van der Waals surface area (Å²) in [5, 5.41) is 14.5. The molecule has 2 heterocycles. The maximum absolute atomic E-state index is 12.8. The quantitative estimate of drug-likeness (QED) is 0.905. The maximum atomic E-state index is 12.8. The molecule has 3 atom stereocenters. The molecule has 2 aliphatic rings. The van der Waals surface area contributed by atoms with Gasteiger partial charge in [0.25, 0.3) is 0 Å². The third kappa shape index (κ3) is 2.86. The number of rotatable bonds is 4. The van der Waals surface area contributed by atoms with Gasteiger partial charge in [0, 0.05) is 32.8 Å². The lowest BCUT2D eigenvalue weighted by Gasteiger charge is -2.42. The summed E-state index contributed by atoms with van der Waals surface area (Å²) in [6, 6.07) is 0.00911. The zero-order valence-electron chi connectivity index (χ0n) is 15.2. The first kappa shape index (κ1) is 17.4. The molecule has 1 saturated heterocycles. The lowest BCUT2D eigenvalue weighted by molar-refractivity contribution is -0.139. The van der Waals surface area contributed by atoms with E-state index in [-0.39, 0.29) is 23.7 Å². The summed E-state index contributed by atoms with van der Waals surface area (Å²) in [7, 11) is 3.67. The first-order valence-corrected chi connectivity index (χ1v) is 8.89. The molecular weight excluding hydrogens is 306 g/mol. The van der Waals surface area contributed by atoms with Gasteiger partial charge in [-0.1, -0.05) is 0 Å². The van der Waals surface area contributed by atoms with Gasteiger partial charge in [0.2, 0.25) is 5.91 Å². The predicted octanol–water partition coefficient (Wildman–Crippen LogP) is 1.50. The van der Waals surface area contributed by atoms with Crippen molar-refractivity contribution in [1.82, 2.24) is 14.7 Å². The molecule has 1 saturated carbocycles. The number of ether oxygens (including phenoxy) is 1. The molecule has 24 heavy (non-hydrogen) atoms. The highest BCUT2D eigenvalue weighted by atomic mass is 16.5. The molecule has 1 aromatic rings. The number of hydrogen-bond acceptors (Lipinski definition) is 4. The van der Waals surface area contributed by atoms with E-state index < -0.39 is 0 Å². The van der Waals surface area contributed by atoms with Crippen LogP contribution in [0.3, 0.4) is 0 Å². The summed E-state index contributed by atoms with van der Waals surface area (Å²) in [4.78, 5) is 14.8. The molecule has 1 aliphatic heterocycles. The zero-order valence-corrected chi connectivity index (χ0v) is 15.2. The number of carbonyl (C=O) groups is 1. The normalized spacial score (nSPS) is 29.8. The van der Waals surface area contributed by atoms with Crippen molar-refractivity contribution in [3.05, 3.63) is 17.0 Å². The van der Waals surface area contributed by atoms with E-state index in [0.29, 0.717) is 12.8 Å². The minimum Gasteiger partial charge on any atom is -0.393 e. The number of aliphatic hydroxyl groups excluding tert-OH is 1. The summed E-state index contributed by atoms with van der Waals surface area (Å²) in [5.74, 6) is 0.163. The second kappa shape index (κ2) is 6.48. The number of methoxy groups -OCH3 is 1. The van der Waals surface area contributed by atoms with Crippen molar-refractivity contribution in [3.8, 4) is 0 Å². The Bertz CT molecular complexity index is 627. The standard InChI is InChI=1S/C18H29N3O3/c1-12-15(13(2)20(3)19-12)5-6-17(23)21-10-9-18(24-4)8-7-14(22)11-16(18)21/h14,16,22H,5-11H2,1-4H3/t14-,16+,18-/m1/s1. The van der Waals surface area contributed by atoms with Crippen LogP contribution in [0.5, 0.6) is 0 Å². The highest BCUT2D eigenvalue weighted by Crippen LogP contribution is 2.42. The minimum atomic E-state index is -0.325. The monoisotopic (exact) mass is 335 g/mol. The van der Waals surface area contributed by atoms with Gasteiger partial charge in [-0.25, -0.2) is 0 Å². The molecule has 3 rings (SSSR count). The van der Waals surface area contributed by atoms with Crippen LogP contribution in [0.4, 0.5) is 0 Å². The molecule has 0 bridgehead atoms. The van der Waals surface area contributed by atoms with Crippen LogP contribution in [0.25, 0.3) is 0 Å². The van der Waals surface area contributed by atoms with Crippen molar-refractivity contribution in [2.24, 2.45) is 7.05 Å². The third-order valence-corrected chi connectivity index (χ3v) is 6.13. The van der Waals surface area contributed by atoms with Crippen LogP contribution in [0.1, 0.15) is 49.1 Å². The fourth-order valence-electron chi connectivity index (χ4n) is 4.53. The van der Waals surface area contributed by atoms with Crippen LogP contribution in [-0.4, -0.2) is 57.1 Å². The number of fused-ring (bicyclic) bond motifs is 1. The molecule has 1 amide bonds. The highest BCUT2D eigenvalue weighted by Gasteiger charge is 2.52. The van der Waals surface area contributed by atoms with Gasteiger partial charge < -0.3 is 14.7 Å². The Morgan fingerprint density at radius 1 is 1.42 bits per heavy atom. The molecule has 134 valence electrons. The van der Waals surface area contributed by atoms with E-state index in [1.807, 2.05) is 30.5 Å². The number of nitrogens with zero attached hydrogens (tertiary/aromatic N) is 3. The third-order valence-electron chi connectivity index (χ3n) is 6.13. The Morgan fingerprint density at radius 2 is 2.17 bits per heavy atom. The molecule has 0 aromatic carbocycles. The number of aromatic nitrogens is 2. The molecule has 0 unspecified atom stereocenters. The van der Waals surface area contributed by atoms with Crippen molar-refractivity contribution >= 4 is 5.91 Å². The number of aryl methyl sites for hydroxylation is 2. The predicted molar refractivity (Wildman–Crippen MR) is 90.7 cm³/mol. The average Bonchev–Trinajstić information content (AvgIpc) is 3.04. The number of hydrogen-bond donors (Lipinski definition) is 1. The van der Waals surface area contributed by atoms with Gasteiger partial charge in [-0.3, -0.25) is 9.48 Å². The summed E-state index contributed by atoms with van der Waals surface area (Å²) in [5.41, 5.74) is 3.05. The molecule has 0 radical (unpaired) electrons. The first-order valence-electron chi connectivity index (χ1n) is 8.89. The van der Waals surface area contributed by atoms with E-state index >= 15 is 0 Å². The lowest BCUT2D eigenvalue weighted by Crippen LogP contribution is -2.52. The average molecular weight is 335 g/mol. The fraction of sp³-hybridized carbons (Fsp3) is 0.778. The van der Waals surface area contributed by atoms with Crippen molar-refractivity contribution in [2.75, 3.05) is 13.7 Å². The van der Waals surface area contributed by atoms with Gasteiger partial charge >= 0.3 is 0 Å². The molecule has 1 aromatic heterocycles. The summed E-state index contributed by atoms with van der Waals surface area (Å²) in [6.07, 6.45) is 3.98. The summed E-state index contributed by atoms with van der Waals surface area (Å²) >= 11 is 0. The second-order valence-electron chi connectivity index (χ2n) is 7.32. The molecule has 1 N–H and O–H groups in total. The van der Waals surface area contributed by atoms with E-state index in [1.165, 1.54) is 5.56 Å². The molecule has 6 heteroatoms. The van der Waals surface area contributed by atoms with Gasteiger partial charge in [-0.15, -0.1) is 0 Å². The molecule has 1 aliphatic carbocycles. The number of aliphatic hydroxyl groups is 1. The Hall–Kier alpha value is -1.40. The largest absolute Gasteiger partial charge is 0.393 e. The van der Waals surface area contributed by atoms with E-state index in [9.17, 15) is 9.90 Å². The highest BCUT2D eigenvalue weighted by molar-refractivity contribution is 5.77. The molecular formula is C18H29N3O3. The van der Waals surface area contributed by atoms with Crippen LogP contribution < -0.4 is 0 Å². The van der Waals surface area contributed by atoms with Gasteiger partial charge in [-0.05, 0) is 51.5 Å². The first-order chi connectivity index (χ1) is 11.4. The van der Waals surface area contributed by atoms with Gasteiger partial charge in [0.05, 0.1) is 23.4 Å². The zero-order chi connectivity index (χ0) is 17.5. The SMILES string of the molecule is CO[C@@]12CC[C@@H](O)C[C@@H]1N(C(=O)CCc1c(C)nn(C)c1C)CC2. The second-order valence-corrected chi connectivity index (χ2v) is 7.32. The summed E-state index contributed by atoms with van der Waals surface area (Å²) < 4.78 is 7.69.